The number of aliphatic hydroxyl groups is 2. The Bertz CT molecular complexity index is 832. The lowest BCUT2D eigenvalue weighted by Gasteiger charge is -2.22. The molecule has 2 unspecified atom stereocenters. The highest BCUT2D eigenvalue weighted by atomic mass is 16.5. The molecule has 56 heavy (non-hydrogen) atoms. The Hall–Kier alpha value is -1.40. The van der Waals surface area contributed by atoms with Gasteiger partial charge in [-0.05, 0) is 51.4 Å². The van der Waals surface area contributed by atoms with Crippen molar-refractivity contribution in [2.45, 2.75) is 283 Å². The molecule has 0 saturated heterocycles. The van der Waals surface area contributed by atoms with Gasteiger partial charge in [0.05, 0.1) is 25.4 Å². The molecule has 332 valence electrons. The highest BCUT2D eigenvalue weighted by Gasteiger charge is 2.20. The summed E-state index contributed by atoms with van der Waals surface area (Å²) in [7, 11) is 0. The van der Waals surface area contributed by atoms with Crippen LogP contribution in [0.5, 0.6) is 0 Å². The standard InChI is InChI=1S/C50H97NO5/c1-3-5-7-9-11-13-15-17-18-19-20-21-23-28-32-36-40-44-50(55)56-45-41-37-33-29-25-24-27-31-35-39-43-49(54)51-47(46-52)48(53)42-38-34-30-26-22-16-14-12-10-8-6-4-2/h25,29,47-48,52-53H,3-24,26-28,30-46H2,1-2H3,(H,51,54)/b29-25-. The highest BCUT2D eigenvalue weighted by molar-refractivity contribution is 5.76. The van der Waals surface area contributed by atoms with Crippen LogP contribution >= 0.6 is 0 Å². The van der Waals surface area contributed by atoms with E-state index in [0.717, 1.165) is 77.0 Å². The molecule has 0 aliphatic carbocycles. The van der Waals surface area contributed by atoms with Crippen LogP contribution in [0.15, 0.2) is 12.2 Å². The van der Waals surface area contributed by atoms with E-state index >= 15 is 0 Å². The SMILES string of the molecule is CCCCCCCCCCCCCCCCCCCC(=O)OCCCC/C=C\CCCCCCC(=O)NC(CO)C(O)CCCCCCCCCCCCCC. The average molecular weight is 792 g/mol. The van der Waals surface area contributed by atoms with Crippen molar-refractivity contribution in [1.82, 2.24) is 5.32 Å². The molecule has 6 nitrogen and oxygen atoms in total. The Morgan fingerprint density at radius 1 is 0.482 bits per heavy atom. The summed E-state index contributed by atoms with van der Waals surface area (Å²) in [5.74, 6) is -0.103. The van der Waals surface area contributed by atoms with Crippen LogP contribution in [-0.2, 0) is 14.3 Å². The lowest BCUT2D eigenvalue weighted by molar-refractivity contribution is -0.143. The van der Waals surface area contributed by atoms with E-state index in [1.54, 1.807) is 0 Å². The van der Waals surface area contributed by atoms with Crippen molar-refractivity contribution in [3.05, 3.63) is 12.2 Å². The second-order valence-corrected chi connectivity index (χ2v) is 17.1. The maximum atomic E-state index is 12.4. The number of nitrogens with one attached hydrogen (secondary N) is 1. The number of rotatable bonds is 46. The molecule has 0 aliphatic heterocycles. The van der Waals surface area contributed by atoms with Gasteiger partial charge >= 0.3 is 5.97 Å². The van der Waals surface area contributed by atoms with Gasteiger partial charge in [-0.1, -0.05) is 219 Å². The van der Waals surface area contributed by atoms with Gasteiger partial charge in [-0.2, -0.15) is 0 Å². The lowest BCUT2D eigenvalue weighted by Crippen LogP contribution is -2.45. The number of allylic oxidation sites excluding steroid dienone is 2. The Morgan fingerprint density at radius 2 is 0.839 bits per heavy atom. The van der Waals surface area contributed by atoms with E-state index < -0.39 is 12.1 Å². The molecule has 2 atom stereocenters. The number of carbonyl (C=O) groups excluding carboxylic acids is 2. The highest BCUT2D eigenvalue weighted by Crippen LogP contribution is 2.16. The van der Waals surface area contributed by atoms with Gasteiger partial charge in [-0.3, -0.25) is 9.59 Å². The summed E-state index contributed by atoms with van der Waals surface area (Å²) >= 11 is 0. The molecule has 0 heterocycles. The molecule has 0 fully saturated rings. The van der Waals surface area contributed by atoms with Gasteiger partial charge in [0, 0.05) is 12.8 Å². The van der Waals surface area contributed by atoms with Crippen LogP contribution in [0.1, 0.15) is 271 Å². The number of esters is 1. The number of ether oxygens (including phenoxy) is 1. The maximum absolute atomic E-state index is 12.4. The van der Waals surface area contributed by atoms with E-state index in [2.05, 4.69) is 31.3 Å². The molecule has 0 spiro atoms. The number of unbranched alkanes of at least 4 members (excludes halogenated alkanes) is 33. The van der Waals surface area contributed by atoms with Crippen molar-refractivity contribution in [3.63, 3.8) is 0 Å². The van der Waals surface area contributed by atoms with Gasteiger partial charge in [-0.15, -0.1) is 0 Å². The number of hydrogen-bond acceptors (Lipinski definition) is 5. The third kappa shape index (κ3) is 42.2. The van der Waals surface area contributed by atoms with E-state index in [0.29, 0.717) is 25.9 Å². The van der Waals surface area contributed by atoms with Crippen LogP contribution in [0.2, 0.25) is 0 Å². The summed E-state index contributed by atoms with van der Waals surface area (Å²) in [6.45, 7) is 4.86. The Balaban J connectivity index is 3.49. The second-order valence-electron chi connectivity index (χ2n) is 17.1. The zero-order chi connectivity index (χ0) is 40.8. The van der Waals surface area contributed by atoms with Crippen LogP contribution in [-0.4, -0.2) is 47.4 Å². The minimum absolute atomic E-state index is 0.0326. The van der Waals surface area contributed by atoms with Crippen molar-refractivity contribution >= 4 is 11.9 Å². The average Bonchev–Trinajstić information content (AvgIpc) is 3.20. The first-order chi connectivity index (χ1) is 27.5. The van der Waals surface area contributed by atoms with Gasteiger partial charge in [-0.25, -0.2) is 0 Å². The van der Waals surface area contributed by atoms with Crippen LogP contribution in [0.3, 0.4) is 0 Å². The quantitative estimate of drug-likeness (QED) is 0.0324. The van der Waals surface area contributed by atoms with Crippen molar-refractivity contribution in [2.24, 2.45) is 0 Å². The number of aliphatic hydroxyl groups excluding tert-OH is 2. The molecule has 3 N–H and O–H groups in total. The molecule has 0 aromatic rings. The number of carbonyl (C=O) groups is 2. The van der Waals surface area contributed by atoms with Gasteiger partial charge in [0.25, 0.3) is 0 Å². The monoisotopic (exact) mass is 792 g/mol. The first-order valence-corrected chi connectivity index (χ1v) is 24.9. The molecule has 0 aromatic heterocycles. The summed E-state index contributed by atoms with van der Waals surface area (Å²) in [6, 6.07) is -0.564. The summed E-state index contributed by atoms with van der Waals surface area (Å²) in [5, 5.41) is 23.1. The summed E-state index contributed by atoms with van der Waals surface area (Å²) in [6.07, 6.45) is 51.8. The topological polar surface area (TPSA) is 95.9 Å². The fraction of sp³-hybridized carbons (Fsp3) is 0.920. The lowest BCUT2D eigenvalue weighted by atomic mass is 10.0. The summed E-state index contributed by atoms with van der Waals surface area (Å²) in [5.41, 5.74) is 0. The van der Waals surface area contributed by atoms with Crippen molar-refractivity contribution in [2.75, 3.05) is 13.2 Å². The minimum atomic E-state index is -0.683. The number of amides is 1. The fourth-order valence-electron chi connectivity index (χ4n) is 7.69. The smallest absolute Gasteiger partial charge is 0.305 e. The summed E-state index contributed by atoms with van der Waals surface area (Å²) < 4.78 is 5.44. The first-order valence-electron chi connectivity index (χ1n) is 24.9. The van der Waals surface area contributed by atoms with Crippen molar-refractivity contribution in [3.8, 4) is 0 Å². The number of hydrogen-bond donors (Lipinski definition) is 3. The molecule has 0 bridgehead atoms. The summed E-state index contributed by atoms with van der Waals surface area (Å²) in [4.78, 5) is 24.4. The van der Waals surface area contributed by atoms with E-state index in [9.17, 15) is 19.8 Å². The zero-order valence-electron chi connectivity index (χ0n) is 37.6. The van der Waals surface area contributed by atoms with Gasteiger partial charge in [0.1, 0.15) is 0 Å². The minimum Gasteiger partial charge on any atom is -0.466 e. The second kappa shape index (κ2) is 46.3. The van der Waals surface area contributed by atoms with E-state index in [-0.39, 0.29) is 18.5 Å². The van der Waals surface area contributed by atoms with Gasteiger partial charge in [0.2, 0.25) is 5.91 Å². The predicted molar refractivity (Wildman–Crippen MR) is 241 cm³/mol. The van der Waals surface area contributed by atoms with Crippen molar-refractivity contribution < 1.29 is 24.5 Å². The molecule has 0 radical (unpaired) electrons. The normalized spacial score (nSPS) is 12.7. The zero-order valence-corrected chi connectivity index (χ0v) is 37.6. The van der Waals surface area contributed by atoms with E-state index in [1.807, 2.05) is 0 Å². The Kier molecular flexibility index (Phi) is 45.1. The Labute approximate surface area is 349 Å². The van der Waals surface area contributed by atoms with Crippen molar-refractivity contribution in [1.29, 1.82) is 0 Å². The first kappa shape index (κ1) is 54.6. The van der Waals surface area contributed by atoms with Gasteiger partial charge in [0.15, 0.2) is 0 Å². The molecule has 0 rings (SSSR count). The predicted octanol–water partition coefficient (Wildman–Crippen LogP) is 14.6. The largest absolute Gasteiger partial charge is 0.466 e. The molecule has 1 amide bonds. The molecular formula is C50H97NO5. The third-order valence-electron chi connectivity index (χ3n) is 11.6. The van der Waals surface area contributed by atoms with Crippen LogP contribution in [0, 0.1) is 0 Å². The van der Waals surface area contributed by atoms with E-state index in [4.69, 9.17) is 4.74 Å². The molecular weight excluding hydrogens is 695 g/mol. The molecule has 0 aliphatic rings. The van der Waals surface area contributed by atoms with Crippen LogP contribution in [0.25, 0.3) is 0 Å². The third-order valence-corrected chi connectivity index (χ3v) is 11.6. The molecule has 0 saturated carbocycles. The fourth-order valence-corrected chi connectivity index (χ4v) is 7.69. The Morgan fingerprint density at radius 3 is 1.27 bits per heavy atom. The van der Waals surface area contributed by atoms with Crippen LogP contribution in [0.4, 0.5) is 0 Å². The van der Waals surface area contributed by atoms with Gasteiger partial charge < -0.3 is 20.3 Å². The molecule has 0 aromatic carbocycles. The van der Waals surface area contributed by atoms with E-state index in [1.165, 1.54) is 161 Å². The van der Waals surface area contributed by atoms with Crippen LogP contribution < -0.4 is 5.32 Å². The maximum Gasteiger partial charge on any atom is 0.305 e. The molecule has 6 heteroatoms.